The summed E-state index contributed by atoms with van der Waals surface area (Å²) in [7, 11) is 0. The maximum Gasteiger partial charge on any atom is 0.250 e. The minimum Gasteiger partial charge on any atom is -0.340 e. The highest BCUT2D eigenvalue weighted by Crippen LogP contribution is 2.30. The molecule has 26 heavy (non-hydrogen) atoms. The van der Waals surface area contributed by atoms with Crippen LogP contribution in [-0.2, 0) is 6.54 Å². The van der Waals surface area contributed by atoms with Crippen LogP contribution in [0, 0.1) is 0 Å². The van der Waals surface area contributed by atoms with Crippen LogP contribution < -0.4 is 5.32 Å². The molecule has 1 aromatic heterocycles. The molecule has 0 unspecified atom stereocenters. The molecular formula is C20H24ClF2N3. The number of nitrogens with one attached hydrogen (secondary N) is 1. The van der Waals surface area contributed by atoms with Crippen molar-refractivity contribution in [3.8, 4) is 0 Å². The first-order valence-corrected chi connectivity index (χ1v) is 9.32. The normalized spacial score (nSPS) is 17.5. The summed E-state index contributed by atoms with van der Waals surface area (Å²) >= 11 is 6.03. The van der Waals surface area contributed by atoms with Crippen molar-refractivity contribution in [2.75, 3.05) is 18.4 Å². The van der Waals surface area contributed by atoms with Crippen molar-refractivity contribution in [1.29, 1.82) is 0 Å². The zero-order valence-electron chi connectivity index (χ0n) is 15.1. The van der Waals surface area contributed by atoms with Gasteiger partial charge in [-0.2, -0.15) is 0 Å². The number of nitrogens with zero attached hydrogens (tertiary/aromatic N) is 2. The van der Waals surface area contributed by atoms with Gasteiger partial charge in [-0.25, -0.2) is 13.8 Å². The third-order valence-electron chi connectivity index (χ3n) is 4.72. The van der Waals surface area contributed by atoms with Crippen molar-refractivity contribution >= 4 is 23.1 Å². The van der Waals surface area contributed by atoms with Gasteiger partial charge in [0.2, 0.25) is 0 Å². The predicted molar refractivity (Wildman–Crippen MR) is 103 cm³/mol. The number of hydrogen-bond acceptors (Lipinski definition) is 3. The average Bonchev–Trinajstić information content (AvgIpc) is 2.58. The smallest absolute Gasteiger partial charge is 0.250 e. The molecule has 2 heterocycles. The van der Waals surface area contributed by atoms with E-state index >= 15 is 0 Å². The summed E-state index contributed by atoms with van der Waals surface area (Å²) in [4.78, 5) is 6.60. The first kappa shape index (κ1) is 19.1. The molecule has 0 atom stereocenters. The Labute approximate surface area is 158 Å². The minimum absolute atomic E-state index is 0.0636. The Bertz CT molecular complexity index is 754. The quantitative estimate of drug-likeness (QED) is 0.708. The number of alkyl halides is 2. The van der Waals surface area contributed by atoms with Gasteiger partial charge in [-0.1, -0.05) is 31.5 Å². The summed E-state index contributed by atoms with van der Waals surface area (Å²) < 4.78 is 26.7. The highest BCUT2D eigenvalue weighted by Gasteiger charge is 2.34. The second-order valence-electron chi connectivity index (χ2n) is 7.19. The van der Waals surface area contributed by atoms with Crippen LogP contribution in [0.3, 0.4) is 0 Å². The van der Waals surface area contributed by atoms with Crippen molar-refractivity contribution in [2.45, 2.75) is 45.1 Å². The summed E-state index contributed by atoms with van der Waals surface area (Å²) in [6.07, 6.45) is 1.73. The van der Waals surface area contributed by atoms with Crippen LogP contribution >= 0.6 is 11.6 Å². The highest BCUT2D eigenvalue weighted by molar-refractivity contribution is 6.30. The van der Waals surface area contributed by atoms with Crippen molar-refractivity contribution < 1.29 is 8.78 Å². The second-order valence-corrected chi connectivity index (χ2v) is 7.63. The van der Waals surface area contributed by atoms with Crippen LogP contribution in [-0.4, -0.2) is 28.9 Å². The molecule has 0 amide bonds. The third kappa shape index (κ3) is 4.92. The van der Waals surface area contributed by atoms with Gasteiger partial charge in [-0.05, 0) is 41.3 Å². The Balaban J connectivity index is 1.74. The molecule has 140 valence electrons. The Hall–Kier alpha value is -1.72. The minimum atomic E-state index is -2.51. The highest BCUT2D eigenvalue weighted by atomic mass is 35.5. The summed E-state index contributed by atoms with van der Waals surface area (Å²) in [5.41, 5.74) is 3.16. The number of halogens is 3. The molecule has 1 aliphatic rings. The zero-order chi connectivity index (χ0) is 18.7. The van der Waals surface area contributed by atoms with E-state index in [-0.39, 0.29) is 12.8 Å². The van der Waals surface area contributed by atoms with E-state index in [0.29, 0.717) is 30.6 Å². The lowest BCUT2D eigenvalue weighted by molar-refractivity contribution is -0.0567. The molecule has 1 fully saturated rings. The lowest BCUT2D eigenvalue weighted by Crippen LogP contribution is -2.39. The van der Waals surface area contributed by atoms with E-state index in [4.69, 9.17) is 11.6 Å². The van der Waals surface area contributed by atoms with Gasteiger partial charge in [0.25, 0.3) is 5.92 Å². The van der Waals surface area contributed by atoms with E-state index in [1.807, 2.05) is 36.5 Å². The van der Waals surface area contributed by atoms with Crippen molar-refractivity contribution in [2.24, 2.45) is 0 Å². The van der Waals surface area contributed by atoms with Crippen LogP contribution in [0.15, 0.2) is 36.5 Å². The number of aromatic nitrogens is 1. The molecule has 3 nitrogen and oxygen atoms in total. The van der Waals surface area contributed by atoms with Crippen LogP contribution in [0.1, 0.15) is 43.7 Å². The number of rotatable bonds is 5. The van der Waals surface area contributed by atoms with Gasteiger partial charge in [-0.3, -0.25) is 4.90 Å². The van der Waals surface area contributed by atoms with E-state index in [0.717, 1.165) is 17.1 Å². The van der Waals surface area contributed by atoms with Crippen LogP contribution in [0.4, 0.5) is 20.3 Å². The van der Waals surface area contributed by atoms with E-state index in [1.165, 1.54) is 5.56 Å². The van der Waals surface area contributed by atoms with Crippen LogP contribution in [0.5, 0.6) is 0 Å². The van der Waals surface area contributed by atoms with E-state index in [9.17, 15) is 8.78 Å². The number of piperidine rings is 1. The molecule has 2 aromatic rings. The molecule has 0 saturated carbocycles. The largest absolute Gasteiger partial charge is 0.340 e. The molecule has 1 aromatic carbocycles. The Morgan fingerprint density at radius 3 is 2.62 bits per heavy atom. The summed E-state index contributed by atoms with van der Waals surface area (Å²) in [6, 6.07) is 9.53. The van der Waals surface area contributed by atoms with Gasteiger partial charge in [0, 0.05) is 49.4 Å². The molecule has 1 saturated heterocycles. The molecule has 0 aliphatic carbocycles. The third-order valence-corrected chi connectivity index (χ3v) is 4.96. The molecule has 6 heteroatoms. The number of likely N-dealkylation sites (tertiary alicyclic amines) is 1. The fraction of sp³-hybridized carbons (Fsp3) is 0.450. The standard InChI is InChI=1S/C20H24ClF2N3/c1-14(2)18-11-19(25-17-5-3-4-16(21)10-17)24-12-15(18)13-26-8-6-20(22,23)7-9-26/h3-5,10-12,14H,6-9,13H2,1-2H3,(H,24,25). The van der Waals surface area contributed by atoms with Crippen LogP contribution in [0.2, 0.25) is 5.02 Å². The lowest BCUT2D eigenvalue weighted by Gasteiger charge is -2.32. The second kappa shape index (κ2) is 7.89. The maximum atomic E-state index is 13.4. The number of benzene rings is 1. The predicted octanol–water partition coefficient (Wildman–Crippen LogP) is 5.83. The van der Waals surface area contributed by atoms with Crippen LogP contribution in [0.25, 0.3) is 0 Å². The summed E-state index contributed by atoms with van der Waals surface area (Å²) in [5, 5.41) is 3.94. The summed E-state index contributed by atoms with van der Waals surface area (Å²) in [6.45, 7) is 5.77. The number of anilines is 2. The van der Waals surface area contributed by atoms with Crippen molar-refractivity contribution in [3.05, 3.63) is 52.7 Å². The maximum absolute atomic E-state index is 13.4. The molecule has 0 radical (unpaired) electrons. The fourth-order valence-corrected chi connectivity index (χ4v) is 3.42. The van der Waals surface area contributed by atoms with E-state index in [1.54, 1.807) is 0 Å². The molecule has 1 aliphatic heterocycles. The SMILES string of the molecule is CC(C)c1cc(Nc2cccc(Cl)c2)ncc1CN1CCC(F)(F)CC1. The number of pyridine rings is 1. The van der Waals surface area contributed by atoms with Crippen molar-refractivity contribution in [1.82, 2.24) is 9.88 Å². The molecular weight excluding hydrogens is 356 g/mol. The Kier molecular flexibility index (Phi) is 5.78. The van der Waals surface area contributed by atoms with Gasteiger partial charge in [-0.15, -0.1) is 0 Å². The molecule has 1 N–H and O–H groups in total. The first-order valence-electron chi connectivity index (χ1n) is 8.94. The molecule has 0 bridgehead atoms. The number of hydrogen-bond donors (Lipinski definition) is 1. The van der Waals surface area contributed by atoms with E-state index in [2.05, 4.69) is 29.0 Å². The molecule has 0 spiro atoms. The van der Waals surface area contributed by atoms with Gasteiger partial charge < -0.3 is 5.32 Å². The zero-order valence-corrected chi connectivity index (χ0v) is 15.9. The van der Waals surface area contributed by atoms with Gasteiger partial charge in [0.15, 0.2) is 0 Å². The van der Waals surface area contributed by atoms with Crippen molar-refractivity contribution in [3.63, 3.8) is 0 Å². The van der Waals surface area contributed by atoms with Gasteiger partial charge in [0.05, 0.1) is 0 Å². The first-order chi connectivity index (χ1) is 12.3. The fourth-order valence-electron chi connectivity index (χ4n) is 3.23. The Morgan fingerprint density at radius 1 is 1.23 bits per heavy atom. The topological polar surface area (TPSA) is 28.2 Å². The average molecular weight is 380 g/mol. The van der Waals surface area contributed by atoms with Gasteiger partial charge >= 0.3 is 0 Å². The lowest BCUT2D eigenvalue weighted by atomic mass is 9.97. The van der Waals surface area contributed by atoms with Gasteiger partial charge in [0.1, 0.15) is 5.82 Å². The monoisotopic (exact) mass is 379 g/mol. The Morgan fingerprint density at radius 2 is 1.96 bits per heavy atom. The summed E-state index contributed by atoms with van der Waals surface area (Å²) in [5.74, 6) is -1.44. The van der Waals surface area contributed by atoms with E-state index < -0.39 is 5.92 Å². The molecule has 3 rings (SSSR count).